The first-order chi connectivity index (χ1) is 7.49. The maximum Gasteiger partial charge on any atom is 1.00 e. The van der Waals surface area contributed by atoms with Gasteiger partial charge in [-0.1, -0.05) is 29.3 Å². The standard InChI is InChI=1S/C11H12Cl2O3.Na/c12-9-3-1-7(6-10(9)13)5-8(14)2-4-11(15)16;/h1,3,6,8,14H,2,4-5H2,(H,15,16);/q;+1/p-1. The van der Waals surface area contributed by atoms with Crippen LogP contribution in [0.1, 0.15) is 18.4 Å². The number of carboxylic acid groups (broad SMARTS) is 1. The van der Waals surface area contributed by atoms with Gasteiger partial charge in [0, 0.05) is 5.97 Å². The van der Waals surface area contributed by atoms with Crippen molar-refractivity contribution < 1.29 is 44.6 Å². The van der Waals surface area contributed by atoms with Crippen LogP contribution >= 0.6 is 23.2 Å². The molecule has 1 aromatic rings. The summed E-state index contributed by atoms with van der Waals surface area (Å²) in [6.07, 6.45) is -0.343. The summed E-state index contributed by atoms with van der Waals surface area (Å²) in [5.74, 6) is -1.16. The molecule has 0 aliphatic heterocycles. The minimum Gasteiger partial charge on any atom is -0.550 e. The summed E-state index contributed by atoms with van der Waals surface area (Å²) in [5, 5.41) is 20.6. The maximum absolute atomic E-state index is 10.2. The third kappa shape index (κ3) is 6.65. The molecule has 0 aromatic heterocycles. The van der Waals surface area contributed by atoms with Crippen LogP contribution in [0, 0.1) is 0 Å². The number of aliphatic carboxylic acids is 1. The van der Waals surface area contributed by atoms with E-state index in [1.165, 1.54) is 0 Å². The summed E-state index contributed by atoms with van der Waals surface area (Å²) in [4.78, 5) is 10.2. The molecule has 0 aliphatic carbocycles. The van der Waals surface area contributed by atoms with Crippen LogP contribution in [-0.4, -0.2) is 17.2 Å². The molecule has 0 saturated carbocycles. The van der Waals surface area contributed by atoms with Crippen molar-refractivity contribution in [2.24, 2.45) is 0 Å². The molecule has 1 aromatic carbocycles. The molecular weight excluding hydrogens is 274 g/mol. The summed E-state index contributed by atoms with van der Waals surface area (Å²) >= 11 is 11.5. The van der Waals surface area contributed by atoms with Gasteiger partial charge < -0.3 is 15.0 Å². The number of rotatable bonds is 5. The molecule has 1 unspecified atom stereocenters. The monoisotopic (exact) mass is 284 g/mol. The van der Waals surface area contributed by atoms with E-state index in [1.807, 2.05) is 0 Å². The quantitative estimate of drug-likeness (QED) is 0.665. The SMILES string of the molecule is O=C([O-])CCC(O)Cc1ccc(Cl)c(Cl)c1.[Na+]. The van der Waals surface area contributed by atoms with Crippen molar-refractivity contribution in [3.8, 4) is 0 Å². The van der Waals surface area contributed by atoms with Crippen molar-refractivity contribution in [3.05, 3.63) is 33.8 Å². The van der Waals surface area contributed by atoms with E-state index >= 15 is 0 Å². The molecule has 6 heteroatoms. The fraction of sp³-hybridized carbons (Fsp3) is 0.364. The Labute approximate surface area is 132 Å². The van der Waals surface area contributed by atoms with Gasteiger partial charge in [0.15, 0.2) is 0 Å². The van der Waals surface area contributed by atoms with Crippen LogP contribution in [0.25, 0.3) is 0 Å². The molecular formula is C11H11Cl2NaO3. The summed E-state index contributed by atoms with van der Waals surface area (Å²) < 4.78 is 0. The topological polar surface area (TPSA) is 60.4 Å². The van der Waals surface area contributed by atoms with Crippen molar-refractivity contribution in [2.75, 3.05) is 0 Å². The third-order valence-corrected chi connectivity index (χ3v) is 2.88. The van der Waals surface area contributed by atoms with Gasteiger partial charge in [0.25, 0.3) is 0 Å². The van der Waals surface area contributed by atoms with Crippen molar-refractivity contribution in [1.82, 2.24) is 0 Å². The zero-order valence-corrected chi connectivity index (χ0v) is 13.0. The average molecular weight is 285 g/mol. The van der Waals surface area contributed by atoms with E-state index in [0.29, 0.717) is 16.5 Å². The maximum atomic E-state index is 10.2. The number of carbonyl (C=O) groups excluding carboxylic acids is 1. The van der Waals surface area contributed by atoms with E-state index in [0.717, 1.165) is 5.56 Å². The van der Waals surface area contributed by atoms with Gasteiger partial charge in [0.2, 0.25) is 0 Å². The summed E-state index contributed by atoms with van der Waals surface area (Å²) in [7, 11) is 0. The Kier molecular flexibility index (Phi) is 8.47. The van der Waals surface area contributed by atoms with E-state index in [2.05, 4.69) is 0 Å². The van der Waals surface area contributed by atoms with Crippen LogP contribution in [0.4, 0.5) is 0 Å². The number of halogens is 2. The largest absolute Gasteiger partial charge is 1.00 e. The van der Waals surface area contributed by atoms with E-state index in [4.69, 9.17) is 23.2 Å². The number of aliphatic hydroxyl groups excluding tert-OH is 1. The molecule has 1 rings (SSSR count). The van der Waals surface area contributed by atoms with Gasteiger partial charge in [-0.2, -0.15) is 0 Å². The number of hydrogen-bond acceptors (Lipinski definition) is 3. The van der Waals surface area contributed by atoms with Crippen LogP contribution in [0.3, 0.4) is 0 Å². The molecule has 0 radical (unpaired) electrons. The van der Waals surface area contributed by atoms with Crippen molar-refractivity contribution in [2.45, 2.75) is 25.4 Å². The molecule has 17 heavy (non-hydrogen) atoms. The Morgan fingerprint density at radius 2 is 2.00 bits per heavy atom. The average Bonchev–Trinajstić information content (AvgIpc) is 2.21. The van der Waals surface area contributed by atoms with Gasteiger partial charge in [-0.15, -0.1) is 0 Å². The minimum absolute atomic E-state index is 0. The Balaban J connectivity index is 0.00000256. The Hall–Kier alpha value is 0.230. The van der Waals surface area contributed by atoms with Gasteiger partial charge >= 0.3 is 29.6 Å². The molecule has 0 spiro atoms. The molecule has 0 fully saturated rings. The molecule has 0 saturated heterocycles. The van der Waals surface area contributed by atoms with Crippen LogP contribution in [-0.2, 0) is 11.2 Å². The molecule has 0 aliphatic rings. The van der Waals surface area contributed by atoms with E-state index in [-0.39, 0.29) is 42.4 Å². The van der Waals surface area contributed by atoms with Crippen LogP contribution in [0.15, 0.2) is 18.2 Å². The normalized spacial score (nSPS) is 11.7. The van der Waals surface area contributed by atoms with Gasteiger partial charge in [-0.3, -0.25) is 0 Å². The van der Waals surface area contributed by atoms with Crippen molar-refractivity contribution in [1.29, 1.82) is 0 Å². The van der Waals surface area contributed by atoms with Crippen molar-refractivity contribution >= 4 is 29.2 Å². The van der Waals surface area contributed by atoms with Crippen LogP contribution in [0.5, 0.6) is 0 Å². The number of benzene rings is 1. The number of aliphatic hydroxyl groups is 1. The summed E-state index contributed by atoms with van der Waals surface area (Å²) in [6.45, 7) is 0. The van der Waals surface area contributed by atoms with Gasteiger partial charge in [0.1, 0.15) is 0 Å². The first-order valence-electron chi connectivity index (χ1n) is 4.81. The molecule has 1 N–H and O–H groups in total. The Morgan fingerprint density at radius 3 is 2.53 bits per heavy atom. The molecule has 0 amide bonds. The van der Waals surface area contributed by atoms with Gasteiger partial charge in [-0.05, 0) is 37.0 Å². The fourth-order valence-electron chi connectivity index (χ4n) is 1.33. The second-order valence-electron chi connectivity index (χ2n) is 3.52. The van der Waals surface area contributed by atoms with Crippen LogP contribution in [0.2, 0.25) is 10.0 Å². The second kappa shape index (κ2) is 8.35. The van der Waals surface area contributed by atoms with E-state index in [9.17, 15) is 15.0 Å². The fourth-order valence-corrected chi connectivity index (χ4v) is 1.65. The van der Waals surface area contributed by atoms with Gasteiger partial charge in [0.05, 0.1) is 16.1 Å². The second-order valence-corrected chi connectivity index (χ2v) is 4.33. The third-order valence-electron chi connectivity index (χ3n) is 2.14. The molecule has 88 valence electrons. The first-order valence-corrected chi connectivity index (χ1v) is 5.56. The number of carboxylic acids is 1. The zero-order valence-electron chi connectivity index (χ0n) is 9.45. The van der Waals surface area contributed by atoms with Crippen molar-refractivity contribution in [3.63, 3.8) is 0 Å². The molecule has 1 atom stereocenters. The number of carbonyl (C=O) groups is 1. The molecule has 0 bridgehead atoms. The molecule has 0 heterocycles. The Morgan fingerprint density at radius 1 is 1.35 bits per heavy atom. The predicted octanol–water partition coefficient (Wildman–Crippen LogP) is -1.57. The van der Waals surface area contributed by atoms with Gasteiger partial charge in [-0.25, -0.2) is 0 Å². The molecule has 3 nitrogen and oxygen atoms in total. The first kappa shape index (κ1) is 17.2. The summed E-state index contributed by atoms with van der Waals surface area (Å²) in [5.41, 5.74) is 0.820. The minimum atomic E-state index is -1.16. The predicted molar refractivity (Wildman–Crippen MR) is 60.4 cm³/mol. The smallest absolute Gasteiger partial charge is 0.550 e. The Bertz CT molecular complexity index is 385. The van der Waals surface area contributed by atoms with Crippen LogP contribution < -0.4 is 34.7 Å². The number of hydrogen-bond donors (Lipinski definition) is 1. The van der Waals surface area contributed by atoms with E-state index < -0.39 is 12.1 Å². The van der Waals surface area contributed by atoms with E-state index in [1.54, 1.807) is 18.2 Å². The zero-order chi connectivity index (χ0) is 12.1. The summed E-state index contributed by atoms with van der Waals surface area (Å²) in [6, 6.07) is 5.05.